The highest BCUT2D eigenvalue weighted by molar-refractivity contribution is 14.1. The van der Waals surface area contributed by atoms with Crippen LogP contribution in [-0.2, 0) is 14.0 Å². The van der Waals surface area contributed by atoms with Crippen LogP contribution < -0.4 is 0 Å². The summed E-state index contributed by atoms with van der Waals surface area (Å²) >= 11 is 2.18. The van der Waals surface area contributed by atoms with Crippen LogP contribution in [0.5, 0.6) is 0 Å². The van der Waals surface area contributed by atoms with Gasteiger partial charge in [-0.3, -0.25) is 4.79 Å². The van der Waals surface area contributed by atoms with E-state index in [1.165, 1.54) is 6.92 Å². The quantitative estimate of drug-likeness (QED) is 0.157. The molecule has 1 atom stereocenters. The van der Waals surface area contributed by atoms with Crippen molar-refractivity contribution >= 4 is 45.0 Å². The van der Waals surface area contributed by atoms with E-state index >= 15 is 0 Å². The maximum Gasteiger partial charge on any atom is 0.304 e. The molecule has 0 aromatic rings. The summed E-state index contributed by atoms with van der Waals surface area (Å²) in [5, 5.41) is 0.199. The average Bonchev–Trinajstić information content (AvgIpc) is 2.44. The van der Waals surface area contributed by atoms with E-state index in [1.54, 1.807) is 0 Å². The molecular weight excluding hydrogens is 471 g/mol. The standard InChI is InChI=1S/C20H33IO3Si2/c1-17(22)24-19(14-10-11-16-25(5,6)7)18(21)13-12-15-23-26(8,9)20(2,3)4/h13,19H,12,15H2,1-9H3/b18-13-/t19-/m0/s1. The first kappa shape index (κ1) is 25.5. The Morgan fingerprint density at radius 2 is 1.73 bits per heavy atom. The lowest BCUT2D eigenvalue weighted by Gasteiger charge is -2.36. The van der Waals surface area contributed by atoms with Crippen LogP contribution in [0.1, 0.15) is 34.1 Å². The largest absolute Gasteiger partial charge is 0.444 e. The Labute approximate surface area is 176 Å². The monoisotopic (exact) mass is 504 g/mol. The molecular formula is C20H33IO3Si2. The summed E-state index contributed by atoms with van der Waals surface area (Å²) < 4.78 is 12.4. The Kier molecular flexibility index (Phi) is 10.5. The third-order valence-corrected chi connectivity index (χ3v) is 10.4. The van der Waals surface area contributed by atoms with E-state index in [0.717, 1.165) is 10.0 Å². The summed E-state index contributed by atoms with van der Waals surface area (Å²) in [7, 11) is -3.18. The minimum Gasteiger partial charge on any atom is -0.444 e. The summed E-state index contributed by atoms with van der Waals surface area (Å²) in [6.07, 6.45) is 2.24. The number of hydrogen-bond acceptors (Lipinski definition) is 3. The SMILES string of the molecule is CC(=O)O[C@@H](C#CC#C[Si](C)(C)C)/C(I)=C/CCO[Si](C)(C)C(C)(C)C. The summed E-state index contributed by atoms with van der Waals surface area (Å²) in [4.78, 5) is 11.4. The third kappa shape index (κ3) is 11.2. The number of esters is 1. The van der Waals surface area contributed by atoms with Crippen LogP contribution >= 0.6 is 22.6 Å². The topological polar surface area (TPSA) is 35.5 Å². The Morgan fingerprint density at radius 3 is 2.19 bits per heavy atom. The zero-order chi connectivity index (χ0) is 20.6. The molecule has 0 N–H and O–H groups in total. The van der Waals surface area contributed by atoms with Gasteiger partial charge in [0.05, 0.1) is 0 Å². The van der Waals surface area contributed by atoms with Crippen molar-refractivity contribution in [3.8, 4) is 23.3 Å². The van der Waals surface area contributed by atoms with E-state index in [0.29, 0.717) is 6.61 Å². The molecule has 0 bridgehead atoms. The Hall–Kier alpha value is -0.546. The summed E-state index contributed by atoms with van der Waals surface area (Å²) in [5.74, 6) is 8.34. The zero-order valence-electron chi connectivity index (χ0n) is 17.7. The molecule has 0 unspecified atom stereocenters. The molecule has 0 aromatic heterocycles. The first-order valence-electron chi connectivity index (χ1n) is 8.85. The molecule has 0 saturated carbocycles. The normalized spacial score (nSPS) is 13.8. The van der Waals surface area contributed by atoms with Gasteiger partial charge in [0, 0.05) is 17.1 Å². The fraction of sp³-hybridized carbons (Fsp3) is 0.650. The highest BCUT2D eigenvalue weighted by atomic mass is 127. The van der Waals surface area contributed by atoms with Gasteiger partial charge in [0.2, 0.25) is 0 Å². The maximum absolute atomic E-state index is 11.4. The number of ether oxygens (including phenoxy) is 1. The molecule has 0 radical (unpaired) electrons. The average molecular weight is 505 g/mol. The molecule has 0 aliphatic rings. The first-order valence-corrected chi connectivity index (χ1v) is 16.3. The van der Waals surface area contributed by atoms with Crippen LogP contribution in [0.15, 0.2) is 9.66 Å². The van der Waals surface area contributed by atoms with Crippen molar-refractivity contribution in [3.05, 3.63) is 9.66 Å². The molecule has 0 rings (SSSR count). The van der Waals surface area contributed by atoms with Gasteiger partial charge in [0.1, 0.15) is 8.07 Å². The van der Waals surface area contributed by atoms with Gasteiger partial charge < -0.3 is 9.16 Å². The highest BCUT2D eigenvalue weighted by Crippen LogP contribution is 2.36. The molecule has 6 heteroatoms. The minimum absolute atomic E-state index is 0.199. The number of carbonyl (C=O) groups is 1. The third-order valence-electron chi connectivity index (χ3n) is 3.96. The second-order valence-electron chi connectivity index (χ2n) is 8.75. The van der Waals surface area contributed by atoms with Gasteiger partial charge in [0.25, 0.3) is 0 Å². The second kappa shape index (κ2) is 10.7. The van der Waals surface area contributed by atoms with E-state index in [4.69, 9.17) is 9.16 Å². The first-order chi connectivity index (χ1) is 11.7. The van der Waals surface area contributed by atoms with Crippen molar-refractivity contribution in [3.63, 3.8) is 0 Å². The fourth-order valence-electron chi connectivity index (χ4n) is 1.48. The zero-order valence-corrected chi connectivity index (χ0v) is 21.8. The molecule has 0 heterocycles. The van der Waals surface area contributed by atoms with Crippen LogP contribution in [0.2, 0.25) is 37.8 Å². The van der Waals surface area contributed by atoms with Gasteiger partial charge in [-0.15, -0.1) is 5.54 Å². The minimum atomic E-state index is -1.73. The highest BCUT2D eigenvalue weighted by Gasteiger charge is 2.36. The van der Waals surface area contributed by atoms with E-state index in [-0.39, 0.29) is 11.0 Å². The van der Waals surface area contributed by atoms with Gasteiger partial charge in [-0.25, -0.2) is 0 Å². The lowest BCUT2D eigenvalue weighted by molar-refractivity contribution is -0.142. The second-order valence-corrected chi connectivity index (χ2v) is 19.6. The van der Waals surface area contributed by atoms with Gasteiger partial charge in [0.15, 0.2) is 14.4 Å². The number of carbonyl (C=O) groups excluding carboxylic acids is 1. The summed E-state index contributed by atoms with van der Waals surface area (Å²) in [5.41, 5.74) is 3.19. The Morgan fingerprint density at radius 1 is 1.15 bits per heavy atom. The van der Waals surface area contributed by atoms with Crippen molar-refractivity contribution in [2.75, 3.05) is 6.61 Å². The predicted octanol–water partition coefficient (Wildman–Crippen LogP) is 5.53. The van der Waals surface area contributed by atoms with E-state index in [9.17, 15) is 4.79 Å². The molecule has 0 amide bonds. The van der Waals surface area contributed by atoms with Gasteiger partial charge >= 0.3 is 5.97 Å². The van der Waals surface area contributed by atoms with Gasteiger partial charge in [-0.1, -0.05) is 46.5 Å². The molecule has 0 aliphatic carbocycles. The molecule has 0 saturated heterocycles. The van der Waals surface area contributed by atoms with Gasteiger partial charge in [-0.05, 0) is 64.9 Å². The molecule has 26 heavy (non-hydrogen) atoms. The number of hydrogen-bond donors (Lipinski definition) is 0. The summed E-state index contributed by atoms with van der Waals surface area (Å²) in [6.45, 7) is 19.7. The lowest BCUT2D eigenvalue weighted by Crippen LogP contribution is -2.40. The molecule has 0 spiro atoms. The van der Waals surface area contributed by atoms with E-state index in [1.807, 2.05) is 6.08 Å². The fourth-order valence-corrected chi connectivity index (χ4v) is 3.57. The van der Waals surface area contributed by atoms with E-state index < -0.39 is 22.5 Å². The Balaban J connectivity index is 4.95. The predicted molar refractivity (Wildman–Crippen MR) is 124 cm³/mol. The van der Waals surface area contributed by atoms with Crippen molar-refractivity contribution in [2.45, 2.75) is 78.0 Å². The van der Waals surface area contributed by atoms with Crippen LogP contribution in [0, 0.1) is 23.3 Å². The Bertz CT molecular complexity index is 632. The van der Waals surface area contributed by atoms with Crippen molar-refractivity contribution in [2.24, 2.45) is 0 Å². The van der Waals surface area contributed by atoms with Crippen molar-refractivity contribution < 1.29 is 14.0 Å². The van der Waals surface area contributed by atoms with Crippen molar-refractivity contribution in [1.82, 2.24) is 0 Å². The van der Waals surface area contributed by atoms with Gasteiger partial charge in [-0.2, -0.15) is 0 Å². The van der Waals surface area contributed by atoms with E-state index in [2.05, 4.69) is 99.4 Å². The molecule has 0 aromatic carbocycles. The molecule has 146 valence electrons. The van der Waals surface area contributed by atoms with Crippen LogP contribution in [-0.4, -0.2) is 35.1 Å². The number of halogens is 1. The summed E-state index contributed by atoms with van der Waals surface area (Å²) in [6, 6.07) is 0. The van der Waals surface area contributed by atoms with Crippen LogP contribution in [0.4, 0.5) is 0 Å². The molecule has 0 fully saturated rings. The molecule has 3 nitrogen and oxygen atoms in total. The van der Waals surface area contributed by atoms with Crippen molar-refractivity contribution in [1.29, 1.82) is 0 Å². The maximum atomic E-state index is 11.4. The van der Waals surface area contributed by atoms with Crippen LogP contribution in [0.25, 0.3) is 0 Å². The smallest absolute Gasteiger partial charge is 0.304 e. The molecule has 0 aliphatic heterocycles. The van der Waals surface area contributed by atoms with Crippen LogP contribution in [0.3, 0.4) is 0 Å². The lowest BCUT2D eigenvalue weighted by atomic mass is 10.2. The number of rotatable bonds is 6.